The topological polar surface area (TPSA) is 6.48 Å². The van der Waals surface area contributed by atoms with Crippen LogP contribution >= 0.6 is 0 Å². The SMILES string of the molecule is CC/C=C\C=C/C/C=c1/cccc/c1=C(/C)N(C)c1ccc(-c2ccc(N(c3ccc(-c4ccccc4)cc3)c3ccc(-c4ccccc4)cc3)cc2)cc1. The largest absolute Gasteiger partial charge is 0.348 e. The van der Waals surface area contributed by atoms with Gasteiger partial charge in [-0.05, 0) is 107 Å². The molecule has 0 aliphatic carbocycles. The molecule has 0 spiro atoms. The van der Waals surface area contributed by atoms with Gasteiger partial charge in [0, 0.05) is 40.7 Å². The summed E-state index contributed by atoms with van der Waals surface area (Å²) < 4.78 is 0. The zero-order chi connectivity index (χ0) is 37.8. The van der Waals surface area contributed by atoms with Gasteiger partial charge >= 0.3 is 0 Å². The maximum absolute atomic E-state index is 2.33. The Hall–Kier alpha value is -6.64. The second kappa shape index (κ2) is 17.9. The van der Waals surface area contributed by atoms with E-state index >= 15 is 0 Å². The number of hydrogen-bond acceptors (Lipinski definition) is 2. The molecule has 0 heterocycles. The highest BCUT2D eigenvalue weighted by Gasteiger charge is 2.14. The summed E-state index contributed by atoms with van der Waals surface area (Å²) in [6.07, 6.45) is 12.9. The molecule has 0 bridgehead atoms. The van der Waals surface area contributed by atoms with Gasteiger partial charge in [-0.2, -0.15) is 0 Å². The molecule has 0 saturated carbocycles. The molecule has 7 aromatic rings. The molecule has 0 aromatic heterocycles. The van der Waals surface area contributed by atoms with Crippen molar-refractivity contribution in [3.05, 3.63) is 217 Å². The molecular formula is C53H48N2. The van der Waals surface area contributed by atoms with Crippen LogP contribution in [-0.2, 0) is 0 Å². The van der Waals surface area contributed by atoms with Crippen molar-refractivity contribution in [2.75, 3.05) is 16.8 Å². The van der Waals surface area contributed by atoms with E-state index in [-0.39, 0.29) is 0 Å². The van der Waals surface area contributed by atoms with Crippen LogP contribution in [-0.4, -0.2) is 7.05 Å². The maximum atomic E-state index is 2.33. The molecule has 270 valence electrons. The van der Waals surface area contributed by atoms with Crippen LogP contribution in [0.4, 0.5) is 22.7 Å². The molecule has 2 heteroatoms. The lowest BCUT2D eigenvalue weighted by atomic mass is 10.0. The summed E-state index contributed by atoms with van der Waals surface area (Å²) in [7, 11) is 2.15. The minimum atomic E-state index is 0.897. The van der Waals surface area contributed by atoms with Crippen LogP contribution in [0, 0.1) is 0 Å². The fourth-order valence-electron chi connectivity index (χ4n) is 6.94. The first kappa shape index (κ1) is 36.7. The molecule has 0 fully saturated rings. The van der Waals surface area contributed by atoms with E-state index in [0.717, 1.165) is 35.6 Å². The van der Waals surface area contributed by atoms with Crippen LogP contribution in [0.25, 0.3) is 45.2 Å². The van der Waals surface area contributed by atoms with Crippen LogP contribution in [0.2, 0.25) is 0 Å². The third kappa shape index (κ3) is 8.95. The highest BCUT2D eigenvalue weighted by molar-refractivity contribution is 5.81. The van der Waals surface area contributed by atoms with Crippen molar-refractivity contribution in [2.24, 2.45) is 0 Å². The molecule has 0 aliphatic rings. The molecular weight excluding hydrogens is 665 g/mol. The van der Waals surface area contributed by atoms with Crippen LogP contribution in [0.1, 0.15) is 26.7 Å². The van der Waals surface area contributed by atoms with E-state index in [9.17, 15) is 0 Å². The molecule has 0 atom stereocenters. The predicted octanol–water partition coefficient (Wildman–Crippen LogP) is 13.1. The van der Waals surface area contributed by atoms with Gasteiger partial charge in [0.2, 0.25) is 0 Å². The molecule has 55 heavy (non-hydrogen) atoms. The van der Waals surface area contributed by atoms with Gasteiger partial charge in [-0.25, -0.2) is 0 Å². The van der Waals surface area contributed by atoms with Crippen molar-refractivity contribution in [1.82, 2.24) is 0 Å². The zero-order valence-corrected chi connectivity index (χ0v) is 32.0. The summed E-state index contributed by atoms with van der Waals surface area (Å²) in [5.41, 5.74) is 12.9. The first-order valence-corrected chi connectivity index (χ1v) is 19.2. The normalized spacial score (nSPS) is 12.3. The van der Waals surface area contributed by atoms with Crippen molar-refractivity contribution < 1.29 is 0 Å². The van der Waals surface area contributed by atoms with Crippen LogP contribution in [0.5, 0.6) is 0 Å². The van der Waals surface area contributed by atoms with E-state index in [0.29, 0.717) is 0 Å². The second-order valence-electron chi connectivity index (χ2n) is 13.7. The summed E-state index contributed by atoms with van der Waals surface area (Å²) in [5, 5.41) is 2.50. The predicted molar refractivity (Wildman–Crippen MR) is 238 cm³/mol. The Balaban J connectivity index is 1.14. The third-order valence-corrected chi connectivity index (χ3v) is 10.1. The van der Waals surface area contributed by atoms with E-state index in [2.05, 4.69) is 243 Å². The minimum absolute atomic E-state index is 0.897. The Morgan fingerprint density at radius 1 is 0.436 bits per heavy atom. The van der Waals surface area contributed by atoms with Crippen molar-refractivity contribution in [2.45, 2.75) is 26.7 Å². The summed E-state index contributed by atoms with van der Waals surface area (Å²) in [5.74, 6) is 0. The number of anilines is 4. The lowest BCUT2D eigenvalue weighted by Gasteiger charge is -2.26. The molecule has 0 aliphatic heterocycles. The molecule has 7 aromatic carbocycles. The van der Waals surface area contributed by atoms with Gasteiger partial charge in [0.05, 0.1) is 0 Å². The van der Waals surface area contributed by atoms with Gasteiger partial charge in [0.15, 0.2) is 0 Å². The zero-order valence-electron chi connectivity index (χ0n) is 32.0. The monoisotopic (exact) mass is 712 g/mol. The number of allylic oxidation sites excluding steroid dienone is 4. The average molecular weight is 713 g/mol. The Bertz CT molecular complexity index is 2380. The number of rotatable bonds is 12. The maximum Gasteiger partial charge on any atom is 0.0462 e. The minimum Gasteiger partial charge on any atom is -0.348 e. The van der Waals surface area contributed by atoms with Gasteiger partial charge < -0.3 is 9.80 Å². The average Bonchev–Trinajstić information content (AvgIpc) is 3.26. The van der Waals surface area contributed by atoms with Gasteiger partial charge in [-0.15, -0.1) is 0 Å². The Labute approximate surface area is 327 Å². The Morgan fingerprint density at radius 3 is 1.27 bits per heavy atom. The van der Waals surface area contributed by atoms with Crippen molar-refractivity contribution in [3.8, 4) is 33.4 Å². The first-order chi connectivity index (χ1) is 27.1. The fourth-order valence-corrected chi connectivity index (χ4v) is 6.94. The smallest absolute Gasteiger partial charge is 0.0462 e. The molecule has 0 N–H and O–H groups in total. The van der Waals surface area contributed by atoms with Crippen molar-refractivity contribution >= 4 is 34.5 Å². The lowest BCUT2D eigenvalue weighted by Crippen LogP contribution is -2.31. The molecule has 7 rings (SSSR count). The second-order valence-corrected chi connectivity index (χ2v) is 13.7. The lowest BCUT2D eigenvalue weighted by molar-refractivity contribution is 1.18. The number of hydrogen-bond donors (Lipinski definition) is 0. The van der Waals surface area contributed by atoms with Gasteiger partial charge in [0.1, 0.15) is 0 Å². The summed E-state index contributed by atoms with van der Waals surface area (Å²) >= 11 is 0. The van der Waals surface area contributed by atoms with Crippen LogP contribution < -0.4 is 20.2 Å². The Kier molecular flexibility index (Phi) is 12.0. The van der Waals surface area contributed by atoms with E-state index in [1.54, 1.807) is 0 Å². The molecule has 0 radical (unpaired) electrons. The summed E-state index contributed by atoms with van der Waals surface area (Å²) in [6.45, 7) is 4.36. The Morgan fingerprint density at radius 2 is 0.818 bits per heavy atom. The fraction of sp³-hybridized carbons (Fsp3) is 0.0943. The van der Waals surface area contributed by atoms with Gasteiger partial charge in [-0.1, -0.05) is 171 Å². The van der Waals surface area contributed by atoms with Gasteiger partial charge in [-0.3, -0.25) is 0 Å². The van der Waals surface area contributed by atoms with Crippen LogP contribution in [0.3, 0.4) is 0 Å². The molecule has 0 saturated heterocycles. The highest BCUT2D eigenvalue weighted by Crippen LogP contribution is 2.38. The molecule has 0 amide bonds. The standard InChI is InChI=1S/C53H48N2/c1-4-5-6-7-8-11-22-48-23-16-17-24-53(48)41(2)54(3)49-33-25-46(26-34-49)47-31-39-52(40-32-47)55(50-35-27-44(28-36-50)42-18-12-9-13-19-42)51-37-29-45(30-38-51)43-20-14-10-15-21-43/h5-10,12-40H,4,11H2,1-3H3/b6-5-,8-7-,48-22-,53-41+. The van der Waals surface area contributed by atoms with E-state index in [4.69, 9.17) is 0 Å². The van der Waals surface area contributed by atoms with E-state index < -0.39 is 0 Å². The summed E-state index contributed by atoms with van der Waals surface area (Å²) in [6, 6.07) is 65.3. The first-order valence-electron chi connectivity index (χ1n) is 19.2. The molecule has 2 nitrogen and oxygen atoms in total. The van der Waals surface area contributed by atoms with Crippen molar-refractivity contribution in [3.63, 3.8) is 0 Å². The van der Waals surface area contributed by atoms with Gasteiger partial charge in [0.25, 0.3) is 0 Å². The van der Waals surface area contributed by atoms with E-state index in [1.807, 2.05) is 0 Å². The third-order valence-electron chi connectivity index (χ3n) is 10.1. The quantitative estimate of drug-likeness (QED) is 0.116. The van der Waals surface area contributed by atoms with E-state index in [1.165, 1.54) is 49.5 Å². The highest BCUT2D eigenvalue weighted by atomic mass is 15.1. The summed E-state index contributed by atoms with van der Waals surface area (Å²) in [4.78, 5) is 4.61. The number of benzene rings is 7. The van der Waals surface area contributed by atoms with Crippen molar-refractivity contribution in [1.29, 1.82) is 0 Å². The number of nitrogens with zero attached hydrogens (tertiary/aromatic N) is 2. The van der Waals surface area contributed by atoms with Crippen LogP contribution in [0.15, 0.2) is 206 Å². The molecule has 0 unspecified atom stereocenters.